The van der Waals surface area contributed by atoms with E-state index < -0.39 is 0 Å². The highest BCUT2D eigenvalue weighted by atomic mass is 15.0. The van der Waals surface area contributed by atoms with Gasteiger partial charge in [-0.05, 0) is 6.42 Å². The van der Waals surface area contributed by atoms with Crippen LogP contribution >= 0.6 is 0 Å². The van der Waals surface area contributed by atoms with Crippen molar-refractivity contribution in [2.45, 2.75) is 51.5 Å². The summed E-state index contributed by atoms with van der Waals surface area (Å²) in [5.74, 6) is 0. The number of rotatable bonds is 5. The second kappa shape index (κ2) is 5.31. The minimum Gasteiger partial charge on any atom is -0.348 e. The van der Waals surface area contributed by atoms with Crippen LogP contribution in [0.15, 0.2) is 6.33 Å². The molecule has 0 bridgehead atoms. The molecule has 1 aliphatic heterocycles. The molecule has 1 unspecified atom stereocenters. The van der Waals surface area contributed by atoms with Crippen molar-refractivity contribution >= 4 is 0 Å². The van der Waals surface area contributed by atoms with Gasteiger partial charge in [-0.3, -0.25) is 0 Å². The lowest BCUT2D eigenvalue weighted by Crippen LogP contribution is -2.29. The lowest BCUT2D eigenvalue weighted by atomic mass is 9.99. The van der Waals surface area contributed by atoms with Crippen LogP contribution in [0, 0.1) is 0 Å². The van der Waals surface area contributed by atoms with Crippen LogP contribution in [0.3, 0.4) is 0 Å². The van der Waals surface area contributed by atoms with Gasteiger partial charge < -0.3 is 10.3 Å². The zero-order valence-electron chi connectivity index (χ0n) is 9.55. The number of unbranched alkanes of at least 4 members (excludes halogenated alkanes) is 3. The van der Waals surface area contributed by atoms with Gasteiger partial charge in [0.2, 0.25) is 0 Å². The molecule has 15 heavy (non-hydrogen) atoms. The van der Waals surface area contributed by atoms with E-state index in [0.717, 1.165) is 13.0 Å². The molecule has 0 aliphatic carbocycles. The molecule has 0 amide bonds. The number of imidazole rings is 1. The lowest BCUT2D eigenvalue weighted by Gasteiger charge is -2.22. The molecular formula is C12H21N3. The Bertz CT molecular complexity index is 293. The minimum atomic E-state index is 0.497. The summed E-state index contributed by atoms with van der Waals surface area (Å²) < 4.78 is 0. The maximum absolute atomic E-state index is 4.42. The highest BCUT2D eigenvalue weighted by Gasteiger charge is 2.21. The number of nitrogens with one attached hydrogen (secondary N) is 2. The van der Waals surface area contributed by atoms with Crippen molar-refractivity contribution in [2.75, 3.05) is 6.54 Å². The van der Waals surface area contributed by atoms with Crippen molar-refractivity contribution in [2.24, 2.45) is 0 Å². The maximum atomic E-state index is 4.42. The highest BCUT2D eigenvalue weighted by molar-refractivity contribution is 5.18. The molecule has 3 nitrogen and oxygen atoms in total. The molecule has 0 saturated carbocycles. The second-order valence-electron chi connectivity index (χ2n) is 4.37. The third kappa shape index (κ3) is 2.59. The average molecular weight is 207 g/mol. The molecule has 3 heteroatoms. The number of aromatic nitrogens is 2. The Morgan fingerprint density at radius 2 is 2.33 bits per heavy atom. The van der Waals surface area contributed by atoms with Gasteiger partial charge in [0.05, 0.1) is 18.1 Å². The number of nitrogens with zero attached hydrogens (tertiary/aromatic N) is 1. The molecule has 1 atom stereocenters. The molecule has 0 spiro atoms. The summed E-state index contributed by atoms with van der Waals surface area (Å²) in [6, 6.07) is 0.497. The maximum Gasteiger partial charge on any atom is 0.0925 e. The van der Waals surface area contributed by atoms with Crippen LogP contribution in [0.2, 0.25) is 0 Å². The van der Waals surface area contributed by atoms with E-state index in [0.29, 0.717) is 6.04 Å². The zero-order chi connectivity index (χ0) is 10.5. The van der Waals surface area contributed by atoms with Crippen molar-refractivity contribution in [1.82, 2.24) is 15.3 Å². The normalized spacial score (nSPS) is 20.2. The van der Waals surface area contributed by atoms with Crippen LogP contribution in [-0.2, 0) is 6.42 Å². The first-order valence-corrected chi connectivity index (χ1v) is 6.17. The van der Waals surface area contributed by atoms with Crippen LogP contribution < -0.4 is 5.32 Å². The largest absolute Gasteiger partial charge is 0.348 e. The third-order valence-corrected chi connectivity index (χ3v) is 3.19. The van der Waals surface area contributed by atoms with E-state index in [4.69, 9.17) is 0 Å². The van der Waals surface area contributed by atoms with Gasteiger partial charge in [-0.2, -0.15) is 0 Å². The highest BCUT2D eigenvalue weighted by Crippen LogP contribution is 2.24. The molecule has 0 aromatic carbocycles. The van der Waals surface area contributed by atoms with Gasteiger partial charge in [-0.15, -0.1) is 0 Å². The van der Waals surface area contributed by atoms with E-state index in [2.05, 4.69) is 22.2 Å². The fourth-order valence-electron chi connectivity index (χ4n) is 2.31. The Labute approximate surface area is 91.7 Å². The van der Waals surface area contributed by atoms with Crippen LogP contribution in [0.25, 0.3) is 0 Å². The van der Waals surface area contributed by atoms with E-state index in [-0.39, 0.29) is 0 Å². The van der Waals surface area contributed by atoms with Gasteiger partial charge >= 0.3 is 0 Å². The first-order valence-electron chi connectivity index (χ1n) is 6.17. The minimum absolute atomic E-state index is 0.497. The first kappa shape index (κ1) is 10.7. The van der Waals surface area contributed by atoms with E-state index in [1.807, 2.05) is 6.33 Å². The Balaban J connectivity index is 1.84. The predicted molar refractivity (Wildman–Crippen MR) is 61.8 cm³/mol. The van der Waals surface area contributed by atoms with Crippen molar-refractivity contribution < 1.29 is 0 Å². The SMILES string of the molecule is CCCCCCC1NCCc2[nH]cnc21. The molecule has 0 fully saturated rings. The van der Waals surface area contributed by atoms with E-state index in [9.17, 15) is 0 Å². The summed E-state index contributed by atoms with van der Waals surface area (Å²) in [7, 11) is 0. The summed E-state index contributed by atoms with van der Waals surface area (Å²) in [6.07, 6.45) is 9.51. The fraction of sp³-hybridized carbons (Fsp3) is 0.750. The predicted octanol–water partition coefficient (Wildman–Crippen LogP) is 2.57. The Kier molecular flexibility index (Phi) is 3.78. The number of H-pyrrole nitrogens is 1. The monoisotopic (exact) mass is 207 g/mol. The van der Waals surface area contributed by atoms with Gasteiger partial charge in [0.25, 0.3) is 0 Å². The van der Waals surface area contributed by atoms with Crippen molar-refractivity contribution in [1.29, 1.82) is 0 Å². The molecule has 0 saturated heterocycles. The molecule has 2 heterocycles. The molecule has 0 radical (unpaired) electrons. The van der Waals surface area contributed by atoms with Gasteiger partial charge in [0, 0.05) is 18.7 Å². The van der Waals surface area contributed by atoms with Crippen molar-refractivity contribution in [3.05, 3.63) is 17.7 Å². The van der Waals surface area contributed by atoms with Crippen LogP contribution in [0.5, 0.6) is 0 Å². The van der Waals surface area contributed by atoms with Gasteiger partial charge in [-0.1, -0.05) is 32.6 Å². The molecule has 1 aromatic heterocycles. The lowest BCUT2D eigenvalue weighted by molar-refractivity contribution is 0.442. The average Bonchev–Trinajstić information content (AvgIpc) is 2.73. The van der Waals surface area contributed by atoms with E-state index in [1.165, 1.54) is 43.5 Å². The third-order valence-electron chi connectivity index (χ3n) is 3.19. The molecule has 2 N–H and O–H groups in total. The first-order chi connectivity index (χ1) is 7.42. The second-order valence-corrected chi connectivity index (χ2v) is 4.37. The Morgan fingerprint density at radius 3 is 3.20 bits per heavy atom. The van der Waals surface area contributed by atoms with Crippen LogP contribution in [-0.4, -0.2) is 16.5 Å². The fourth-order valence-corrected chi connectivity index (χ4v) is 2.31. The summed E-state index contributed by atoms with van der Waals surface area (Å²) in [5.41, 5.74) is 2.60. The summed E-state index contributed by atoms with van der Waals surface area (Å²) in [4.78, 5) is 7.66. The number of hydrogen-bond donors (Lipinski definition) is 2. The Morgan fingerprint density at radius 1 is 1.40 bits per heavy atom. The topological polar surface area (TPSA) is 40.7 Å². The quantitative estimate of drug-likeness (QED) is 0.729. The standard InChI is InChI=1S/C12H21N3/c1-2-3-4-5-6-10-12-11(7-8-13-10)14-9-15-12/h9-10,13H,2-8H2,1H3,(H,14,15). The Hall–Kier alpha value is -0.830. The van der Waals surface area contributed by atoms with Crippen molar-refractivity contribution in [3.63, 3.8) is 0 Å². The molecule has 84 valence electrons. The van der Waals surface area contributed by atoms with Gasteiger partial charge in [0.1, 0.15) is 0 Å². The van der Waals surface area contributed by atoms with Crippen LogP contribution in [0.4, 0.5) is 0 Å². The summed E-state index contributed by atoms with van der Waals surface area (Å²) >= 11 is 0. The smallest absolute Gasteiger partial charge is 0.0925 e. The van der Waals surface area contributed by atoms with Crippen LogP contribution in [0.1, 0.15) is 56.5 Å². The molecule has 1 aromatic rings. The van der Waals surface area contributed by atoms with Gasteiger partial charge in [0.15, 0.2) is 0 Å². The van der Waals surface area contributed by atoms with E-state index >= 15 is 0 Å². The van der Waals surface area contributed by atoms with Gasteiger partial charge in [-0.25, -0.2) is 4.98 Å². The zero-order valence-corrected chi connectivity index (χ0v) is 9.55. The van der Waals surface area contributed by atoms with E-state index in [1.54, 1.807) is 0 Å². The molecule has 1 aliphatic rings. The number of fused-ring (bicyclic) bond motifs is 1. The van der Waals surface area contributed by atoms with Crippen molar-refractivity contribution in [3.8, 4) is 0 Å². The molecular weight excluding hydrogens is 186 g/mol. The summed E-state index contributed by atoms with van der Waals surface area (Å²) in [5, 5.41) is 3.56. The molecule has 2 rings (SSSR count). The number of aromatic amines is 1. The summed E-state index contributed by atoms with van der Waals surface area (Å²) in [6.45, 7) is 3.35. The number of hydrogen-bond acceptors (Lipinski definition) is 2.